The highest BCUT2D eigenvalue weighted by atomic mass is 16.2. The summed E-state index contributed by atoms with van der Waals surface area (Å²) in [5, 5.41) is 1.36. The van der Waals surface area contributed by atoms with E-state index in [1.165, 1.54) is 5.01 Å². The zero-order valence-electron chi connectivity index (χ0n) is 14.8. The highest BCUT2D eigenvalue weighted by Crippen LogP contribution is 2.17. The lowest BCUT2D eigenvalue weighted by Gasteiger charge is -2.35. The SMILES string of the molecule is Cc1cc(C)cc(C(=O)N(NC(=O)c2ccccn2)C(C)(C)C)c1. The van der Waals surface area contributed by atoms with E-state index in [1.807, 2.05) is 52.8 Å². The van der Waals surface area contributed by atoms with Gasteiger partial charge in [0.05, 0.1) is 5.54 Å². The van der Waals surface area contributed by atoms with Gasteiger partial charge in [-0.3, -0.25) is 20.0 Å². The van der Waals surface area contributed by atoms with E-state index < -0.39 is 11.4 Å². The maximum atomic E-state index is 13.0. The number of carbonyl (C=O) groups is 2. The number of hydrogen-bond acceptors (Lipinski definition) is 3. The molecule has 1 aromatic heterocycles. The van der Waals surface area contributed by atoms with E-state index in [0.717, 1.165) is 11.1 Å². The zero-order chi connectivity index (χ0) is 17.9. The van der Waals surface area contributed by atoms with Crippen LogP contribution in [0.3, 0.4) is 0 Å². The molecule has 2 amide bonds. The number of carbonyl (C=O) groups excluding carboxylic acids is 2. The van der Waals surface area contributed by atoms with Crippen LogP contribution in [0.4, 0.5) is 0 Å². The largest absolute Gasteiger partial charge is 0.288 e. The van der Waals surface area contributed by atoms with Crippen molar-refractivity contribution in [3.63, 3.8) is 0 Å². The smallest absolute Gasteiger partial charge is 0.267 e. The zero-order valence-corrected chi connectivity index (χ0v) is 14.8. The second kappa shape index (κ2) is 6.83. The molecule has 0 radical (unpaired) electrons. The summed E-state index contributed by atoms with van der Waals surface area (Å²) in [7, 11) is 0. The van der Waals surface area contributed by atoms with E-state index in [-0.39, 0.29) is 11.6 Å². The van der Waals surface area contributed by atoms with E-state index in [0.29, 0.717) is 5.56 Å². The average molecular weight is 325 g/mol. The van der Waals surface area contributed by atoms with Gasteiger partial charge in [-0.2, -0.15) is 0 Å². The lowest BCUT2D eigenvalue weighted by Crippen LogP contribution is -2.56. The van der Waals surface area contributed by atoms with Crippen LogP contribution in [0.1, 0.15) is 52.7 Å². The maximum Gasteiger partial charge on any atom is 0.288 e. The quantitative estimate of drug-likeness (QED) is 0.862. The molecule has 1 N–H and O–H groups in total. The third kappa shape index (κ3) is 4.19. The van der Waals surface area contributed by atoms with Crippen LogP contribution in [0.15, 0.2) is 42.6 Å². The summed E-state index contributed by atoms with van der Waals surface area (Å²) < 4.78 is 0. The topological polar surface area (TPSA) is 62.3 Å². The maximum absolute atomic E-state index is 13.0. The Balaban J connectivity index is 2.32. The van der Waals surface area contributed by atoms with Gasteiger partial charge >= 0.3 is 0 Å². The van der Waals surface area contributed by atoms with Crippen LogP contribution < -0.4 is 5.43 Å². The Morgan fingerprint density at radius 3 is 2.17 bits per heavy atom. The van der Waals surface area contributed by atoms with Gasteiger partial charge in [-0.1, -0.05) is 23.3 Å². The molecule has 0 spiro atoms. The van der Waals surface area contributed by atoms with Crippen LogP contribution in [0, 0.1) is 13.8 Å². The van der Waals surface area contributed by atoms with E-state index in [2.05, 4.69) is 10.4 Å². The number of aromatic nitrogens is 1. The fraction of sp³-hybridized carbons (Fsp3) is 0.316. The number of hydrogen-bond donors (Lipinski definition) is 1. The Kier molecular flexibility index (Phi) is 5.02. The first-order chi connectivity index (χ1) is 11.2. The summed E-state index contributed by atoms with van der Waals surface area (Å²) in [5.41, 5.74) is 4.92. The van der Waals surface area contributed by atoms with Gasteiger partial charge in [0.25, 0.3) is 11.8 Å². The summed E-state index contributed by atoms with van der Waals surface area (Å²) in [6.07, 6.45) is 1.54. The Hall–Kier alpha value is -2.69. The van der Waals surface area contributed by atoms with Crippen molar-refractivity contribution < 1.29 is 9.59 Å². The first kappa shape index (κ1) is 17.7. The third-order valence-electron chi connectivity index (χ3n) is 3.45. The van der Waals surface area contributed by atoms with Crippen LogP contribution >= 0.6 is 0 Å². The van der Waals surface area contributed by atoms with Gasteiger partial charge < -0.3 is 0 Å². The molecule has 2 rings (SSSR count). The number of amides is 2. The van der Waals surface area contributed by atoms with Gasteiger partial charge in [0.1, 0.15) is 5.69 Å². The van der Waals surface area contributed by atoms with Crippen LogP contribution in [-0.4, -0.2) is 27.3 Å². The standard InChI is InChI=1S/C19H23N3O2/c1-13-10-14(2)12-15(11-13)18(24)22(19(3,4)5)21-17(23)16-8-6-7-9-20-16/h6-12H,1-5H3,(H,21,23). The summed E-state index contributed by atoms with van der Waals surface area (Å²) in [6, 6.07) is 10.7. The van der Waals surface area contributed by atoms with Crippen LogP contribution in [0.25, 0.3) is 0 Å². The van der Waals surface area contributed by atoms with Crippen LogP contribution in [0.5, 0.6) is 0 Å². The second-order valence-electron chi connectivity index (χ2n) is 6.84. The predicted octanol–water partition coefficient (Wildman–Crippen LogP) is 3.28. The fourth-order valence-corrected chi connectivity index (χ4v) is 2.41. The molecule has 0 unspecified atom stereocenters. The van der Waals surface area contributed by atoms with Crippen molar-refractivity contribution in [2.45, 2.75) is 40.2 Å². The number of benzene rings is 1. The third-order valence-corrected chi connectivity index (χ3v) is 3.45. The molecule has 0 atom stereocenters. The van der Waals surface area contributed by atoms with Crippen LogP contribution in [0.2, 0.25) is 0 Å². The highest BCUT2D eigenvalue weighted by Gasteiger charge is 2.30. The van der Waals surface area contributed by atoms with Crippen molar-refractivity contribution in [1.82, 2.24) is 15.4 Å². The van der Waals surface area contributed by atoms with Gasteiger partial charge in [0.15, 0.2) is 0 Å². The monoisotopic (exact) mass is 325 g/mol. The van der Waals surface area contributed by atoms with E-state index >= 15 is 0 Å². The van der Waals surface area contributed by atoms with Gasteiger partial charge in [-0.25, -0.2) is 5.01 Å². The number of hydrazine groups is 1. The molecule has 1 aromatic carbocycles. The summed E-state index contributed by atoms with van der Waals surface area (Å²) in [6.45, 7) is 9.49. The van der Waals surface area contributed by atoms with E-state index in [9.17, 15) is 9.59 Å². The van der Waals surface area contributed by atoms with Crippen molar-refractivity contribution in [2.75, 3.05) is 0 Å². The van der Waals surface area contributed by atoms with Crippen molar-refractivity contribution in [1.29, 1.82) is 0 Å². The van der Waals surface area contributed by atoms with Crippen LogP contribution in [-0.2, 0) is 0 Å². The minimum absolute atomic E-state index is 0.251. The molecule has 1 heterocycles. The molecule has 24 heavy (non-hydrogen) atoms. The number of nitrogens with one attached hydrogen (secondary N) is 1. The Labute approximate surface area is 142 Å². The Morgan fingerprint density at radius 1 is 1.04 bits per heavy atom. The molecule has 0 aliphatic rings. The Morgan fingerprint density at radius 2 is 1.67 bits per heavy atom. The molecule has 5 nitrogen and oxygen atoms in total. The number of rotatable bonds is 2. The van der Waals surface area contributed by atoms with Crippen molar-refractivity contribution >= 4 is 11.8 Å². The molecule has 0 saturated carbocycles. The molecular formula is C19H23N3O2. The number of nitrogens with zero attached hydrogens (tertiary/aromatic N) is 2. The minimum Gasteiger partial charge on any atom is -0.267 e. The predicted molar refractivity (Wildman–Crippen MR) is 93.5 cm³/mol. The lowest BCUT2D eigenvalue weighted by molar-refractivity contribution is 0.0356. The molecule has 0 bridgehead atoms. The molecule has 0 saturated heterocycles. The number of aryl methyl sites for hydroxylation is 2. The number of pyridine rings is 1. The summed E-state index contributed by atoms with van der Waals surface area (Å²) >= 11 is 0. The molecule has 2 aromatic rings. The first-order valence-electron chi connectivity index (χ1n) is 7.83. The van der Waals surface area contributed by atoms with Crippen molar-refractivity contribution in [2.24, 2.45) is 0 Å². The minimum atomic E-state index is -0.584. The fourth-order valence-electron chi connectivity index (χ4n) is 2.41. The molecule has 126 valence electrons. The summed E-state index contributed by atoms with van der Waals surface area (Å²) in [4.78, 5) is 29.4. The van der Waals surface area contributed by atoms with Crippen molar-refractivity contribution in [3.8, 4) is 0 Å². The second-order valence-corrected chi connectivity index (χ2v) is 6.84. The summed E-state index contributed by atoms with van der Waals surface area (Å²) in [5.74, 6) is -0.665. The van der Waals surface area contributed by atoms with Crippen molar-refractivity contribution in [3.05, 3.63) is 65.0 Å². The Bertz CT molecular complexity index is 729. The average Bonchev–Trinajstić information content (AvgIpc) is 2.50. The van der Waals surface area contributed by atoms with E-state index in [4.69, 9.17) is 0 Å². The van der Waals surface area contributed by atoms with Gasteiger partial charge in [0, 0.05) is 11.8 Å². The lowest BCUT2D eigenvalue weighted by atomic mass is 10.0. The first-order valence-corrected chi connectivity index (χ1v) is 7.83. The normalized spacial score (nSPS) is 11.0. The van der Waals surface area contributed by atoms with E-state index in [1.54, 1.807) is 24.4 Å². The molecule has 0 aliphatic heterocycles. The molecule has 0 fully saturated rings. The highest BCUT2D eigenvalue weighted by molar-refractivity contribution is 5.98. The van der Waals surface area contributed by atoms with Gasteiger partial charge in [-0.05, 0) is 58.9 Å². The molecular weight excluding hydrogens is 302 g/mol. The molecule has 0 aliphatic carbocycles. The van der Waals surface area contributed by atoms with Gasteiger partial charge in [-0.15, -0.1) is 0 Å². The van der Waals surface area contributed by atoms with Gasteiger partial charge in [0.2, 0.25) is 0 Å². The molecule has 5 heteroatoms.